The van der Waals surface area contributed by atoms with Crippen LogP contribution in [0.4, 0.5) is 21.9 Å². The van der Waals surface area contributed by atoms with Crippen LogP contribution in [0.1, 0.15) is 64.6 Å². The molecule has 0 aliphatic carbocycles. The molecule has 2 atom stereocenters. The number of nitrogens with two attached hydrogens (primary N) is 2. The van der Waals surface area contributed by atoms with Crippen molar-refractivity contribution in [3.8, 4) is 0 Å². The largest absolute Gasteiger partial charge is 0.445 e. The van der Waals surface area contributed by atoms with Crippen molar-refractivity contribution in [1.82, 2.24) is 0 Å². The van der Waals surface area contributed by atoms with Gasteiger partial charge < -0.3 is 26.4 Å². The van der Waals surface area contributed by atoms with Crippen LogP contribution in [0, 0.1) is 5.41 Å². The number of nitrogen functional groups attached to an aromatic ring is 1. The van der Waals surface area contributed by atoms with E-state index in [-0.39, 0.29) is 24.0 Å². The standard InChI is InChI=1S/C27H36N4O3/c1-6-24(32)31-23-16-18(8-7-15-34-25(29)33)9-14-21(23)22(17-27(31,5)26(2,3)4)30-20-12-10-19(28)11-13-20/h7-14,16,22,30H,6,15,17,28H2,1-5H3,(H2,29,33)/b8-7+/t22-,27+/m1/s1. The molecule has 0 fully saturated rings. The van der Waals surface area contributed by atoms with Crippen molar-refractivity contribution < 1.29 is 14.3 Å². The van der Waals surface area contributed by atoms with Crippen molar-refractivity contribution in [2.24, 2.45) is 11.1 Å². The van der Waals surface area contributed by atoms with Crippen molar-refractivity contribution in [2.45, 2.75) is 59.0 Å². The van der Waals surface area contributed by atoms with Gasteiger partial charge in [0.05, 0.1) is 17.3 Å². The van der Waals surface area contributed by atoms with Crippen molar-refractivity contribution >= 4 is 35.1 Å². The number of carbonyl (C=O) groups is 2. The molecule has 0 spiro atoms. The molecule has 0 saturated heterocycles. The topological polar surface area (TPSA) is 111 Å². The number of nitrogens with one attached hydrogen (secondary N) is 1. The van der Waals surface area contributed by atoms with E-state index in [0.717, 1.165) is 28.9 Å². The maximum Gasteiger partial charge on any atom is 0.404 e. The van der Waals surface area contributed by atoms with Gasteiger partial charge in [-0.1, -0.05) is 45.9 Å². The molecule has 1 heterocycles. The van der Waals surface area contributed by atoms with Crippen LogP contribution in [0.5, 0.6) is 0 Å². The number of rotatable bonds is 6. The minimum atomic E-state index is -0.813. The molecule has 0 aromatic heterocycles. The summed E-state index contributed by atoms with van der Waals surface area (Å²) in [5.41, 5.74) is 14.8. The molecular formula is C27H36N4O3. The summed E-state index contributed by atoms with van der Waals surface area (Å²) in [4.78, 5) is 26.2. The van der Waals surface area contributed by atoms with E-state index >= 15 is 0 Å². The van der Waals surface area contributed by atoms with Gasteiger partial charge in [0.15, 0.2) is 0 Å². The molecule has 1 aliphatic heterocycles. The Balaban J connectivity index is 2.09. The first-order chi connectivity index (χ1) is 16.0. The SMILES string of the molecule is CCC(=O)N1c2cc(/C=C/COC(N)=O)ccc2[C@H](Nc2ccc(N)cc2)C[C@@]1(C)C(C)(C)C. The Hall–Kier alpha value is -3.48. The first-order valence-electron chi connectivity index (χ1n) is 11.6. The molecule has 0 saturated carbocycles. The fraction of sp³-hybridized carbons (Fsp3) is 0.407. The van der Waals surface area contributed by atoms with Crippen molar-refractivity contribution in [3.63, 3.8) is 0 Å². The zero-order chi connectivity index (χ0) is 25.1. The third kappa shape index (κ3) is 5.19. The highest BCUT2D eigenvalue weighted by Gasteiger charge is 2.50. The van der Waals surface area contributed by atoms with E-state index in [0.29, 0.717) is 12.1 Å². The van der Waals surface area contributed by atoms with Crippen molar-refractivity contribution in [2.75, 3.05) is 22.6 Å². The van der Waals surface area contributed by atoms with E-state index in [1.165, 1.54) is 0 Å². The van der Waals surface area contributed by atoms with Gasteiger partial charge in [0.25, 0.3) is 0 Å². The Bertz CT molecular complexity index is 1070. The molecular weight excluding hydrogens is 428 g/mol. The molecule has 2 aromatic rings. The summed E-state index contributed by atoms with van der Waals surface area (Å²) in [5, 5.41) is 3.67. The van der Waals surface area contributed by atoms with Gasteiger partial charge >= 0.3 is 6.09 Å². The molecule has 2 amide bonds. The third-order valence-corrected chi connectivity index (χ3v) is 6.82. The molecule has 7 nitrogen and oxygen atoms in total. The lowest BCUT2D eigenvalue weighted by atomic mass is 9.66. The molecule has 2 aromatic carbocycles. The molecule has 0 unspecified atom stereocenters. The maximum atomic E-state index is 13.3. The number of nitrogens with zero attached hydrogens (tertiary/aromatic N) is 1. The summed E-state index contributed by atoms with van der Waals surface area (Å²) >= 11 is 0. The summed E-state index contributed by atoms with van der Waals surface area (Å²) in [5.74, 6) is 0.0859. The molecule has 5 N–H and O–H groups in total. The highest BCUT2D eigenvalue weighted by molar-refractivity contribution is 5.97. The van der Waals surface area contributed by atoms with E-state index in [4.69, 9.17) is 16.2 Å². The second-order valence-corrected chi connectivity index (χ2v) is 9.98. The molecule has 7 heteroatoms. The van der Waals surface area contributed by atoms with Crippen LogP contribution in [-0.2, 0) is 9.53 Å². The summed E-state index contributed by atoms with van der Waals surface area (Å²) in [6, 6.07) is 13.8. The van der Waals surface area contributed by atoms with E-state index < -0.39 is 11.6 Å². The lowest BCUT2D eigenvalue weighted by Crippen LogP contribution is -2.61. The van der Waals surface area contributed by atoms with Gasteiger partial charge in [-0.3, -0.25) is 4.79 Å². The van der Waals surface area contributed by atoms with Crippen LogP contribution in [0.25, 0.3) is 6.08 Å². The normalized spacial score (nSPS) is 20.1. The highest BCUT2D eigenvalue weighted by atomic mass is 16.5. The third-order valence-electron chi connectivity index (χ3n) is 6.82. The van der Waals surface area contributed by atoms with Crippen LogP contribution in [-0.4, -0.2) is 24.1 Å². The van der Waals surface area contributed by atoms with Crippen LogP contribution in [0.2, 0.25) is 0 Å². The van der Waals surface area contributed by atoms with E-state index in [9.17, 15) is 9.59 Å². The summed E-state index contributed by atoms with van der Waals surface area (Å²) < 4.78 is 4.79. The number of anilines is 3. The average molecular weight is 465 g/mol. The zero-order valence-electron chi connectivity index (χ0n) is 20.7. The summed E-state index contributed by atoms with van der Waals surface area (Å²) in [6.07, 6.45) is 3.94. The van der Waals surface area contributed by atoms with E-state index in [1.54, 1.807) is 6.08 Å². The van der Waals surface area contributed by atoms with Crippen molar-refractivity contribution in [3.05, 3.63) is 59.7 Å². The van der Waals surface area contributed by atoms with E-state index in [2.05, 4.69) is 39.1 Å². The van der Waals surface area contributed by atoms with Crippen LogP contribution < -0.4 is 21.7 Å². The number of benzene rings is 2. The van der Waals surface area contributed by atoms with Gasteiger partial charge in [0.2, 0.25) is 5.91 Å². The Kier molecular flexibility index (Phi) is 7.24. The number of amides is 2. The highest BCUT2D eigenvalue weighted by Crippen LogP contribution is 2.51. The fourth-order valence-electron chi connectivity index (χ4n) is 4.45. The Morgan fingerprint density at radius 1 is 1.21 bits per heavy atom. The van der Waals surface area contributed by atoms with Crippen LogP contribution >= 0.6 is 0 Å². The first-order valence-corrected chi connectivity index (χ1v) is 11.6. The predicted molar refractivity (Wildman–Crippen MR) is 138 cm³/mol. The summed E-state index contributed by atoms with van der Waals surface area (Å²) in [6.45, 7) is 10.7. The quantitative estimate of drug-likeness (QED) is 0.490. The molecule has 34 heavy (non-hydrogen) atoms. The Morgan fingerprint density at radius 3 is 2.47 bits per heavy atom. The number of carbonyl (C=O) groups excluding carboxylic acids is 2. The molecule has 1 aliphatic rings. The number of hydrogen-bond acceptors (Lipinski definition) is 5. The average Bonchev–Trinajstić information content (AvgIpc) is 2.77. The van der Waals surface area contributed by atoms with Gasteiger partial charge in [-0.25, -0.2) is 4.79 Å². The number of primary amides is 1. The monoisotopic (exact) mass is 464 g/mol. The smallest absolute Gasteiger partial charge is 0.404 e. The maximum absolute atomic E-state index is 13.3. The lowest BCUT2D eigenvalue weighted by Gasteiger charge is -2.55. The molecule has 0 radical (unpaired) electrons. The molecule has 3 rings (SSSR count). The van der Waals surface area contributed by atoms with Gasteiger partial charge in [-0.05, 0) is 66.3 Å². The fourth-order valence-corrected chi connectivity index (χ4v) is 4.45. The van der Waals surface area contributed by atoms with Gasteiger partial charge in [-0.15, -0.1) is 0 Å². The zero-order valence-corrected chi connectivity index (χ0v) is 20.7. The van der Waals surface area contributed by atoms with Gasteiger partial charge in [-0.2, -0.15) is 0 Å². The number of fused-ring (bicyclic) bond motifs is 1. The predicted octanol–water partition coefficient (Wildman–Crippen LogP) is 5.48. The Morgan fingerprint density at radius 2 is 1.88 bits per heavy atom. The summed E-state index contributed by atoms with van der Waals surface area (Å²) in [7, 11) is 0. The number of ether oxygens (including phenoxy) is 1. The number of hydrogen-bond donors (Lipinski definition) is 3. The minimum Gasteiger partial charge on any atom is -0.445 e. The van der Waals surface area contributed by atoms with Crippen LogP contribution in [0.15, 0.2) is 48.5 Å². The van der Waals surface area contributed by atoms with E-state index in [1.807, 2.05) is 54.3 Å². The van der Waals surface area contributed by atoms with Gasteiger partial charge in [0.1, 0.15) is 6.61 Å². The first kappa shape index (κ1) is 25.1. The second kappa shape index (κ2) is 9.79. The molecule has 0 bridgehead atoms. The Labute approximate surface area is 202 Å². The van der Waals surface area contributed by atoms with Gasteiger partial charge in [0, 0.05) is 17.8 Å². The van der Waals surface area contributed by atoms with Crippen LogP contribution in [0.3, 0.4) is 0 Å². The second-order valence-electron chi connectivity index (χ2n) is 9.98. The van der Waals surface area contributed by atoms with Crippen molar-refractivity contribution in [1.29, 1.82) is 0 Å². The molecule has 182 valence electrons. The lowest BCUT2D eigenvalue weighted by molar-refractivity contribution is -0.120. The minimum absolute atomic E-state index is 0.0000184.